The molecule has 3 heteroatoms. The Bertz CT molecular complexity index is 190. The maximum absolute atomic E-state index is 9.21. The van der Waals surface area contributed by atoms with Crippen LogP contribution in [0.5, 0.6) is 0 Å². The van der Waals surface area contributed by atoms with E-state index in [4.69, 9.17) is 0 Å². The summed E-state index contributed by atoms with van der Waals surface area (Å²) in [5.74, 6) is 0.436. The molecule has 0 saturated carbocycles. The van der Waals surface area contributed by atoms with Gasteiger partial charge in [-0.3, -0.25) is 4.98 Å². The van der Waals surface area contributed by atoms with Crippen molar-refractivity contribution in [3.05, 3.63) is 30.1 Å². The van der Waals surface area contributed by atoms with Crippen molar-refractivity contribution < 1.29 is 5.11 Å². The topological polar surface area (TPSA) is 33.1 Å². The molecule has 0 aliphatic heterocycles. The smallest absolute Gasteiger partial charge is 0.0892 e. The Balaban J connectivity index is 2.75. The Morgan fingerprint density at radius 2 is 2.50 bits per heavy atom. The number of aliphatic hydroxyl groups is 1. The van der Waals surface area contributed by atoms with Gasteiger partial charge in [0.1, 0.15) is 0 Å². The van der Waals surface area contributed by atoms with Crippen molar-refractivity contribution in [2.45, 2.75) is 6.10 Å². The third-order valence-corrected chi connectivity index (χ3v) is 1.59. The summed E-state index contributed by atoms with van der Waals surface area (Å²) in [6.45, 7) is 0. The summed E-state index contributed by atoms with van der Waals surface area (Å²) in [6, 6.07) is 3.62. The van der Waals surface area contributed by atoms with E-state index in [1.54, 1.807) is 18.5 Å². The highest BCUT2D eigenvalue weighted by Gasteiger charge is 2.02. The fourth-order valence-electron chi connectivity index (χ4n) is 0.678. The van der Waals surface area contributed by atoms with Gasteiger partial charge in [0.15, 0.2) is 0 Å². The van der Waals surface area contributed by atoms with E-state index in [1.165, 1.54) is 0 Å². The van der Waals surface area contributed by atoms with Gasteiger partial charge in [0.25, 0.3) is 0 Å². The van der Waals surface area contributed by atoms with Crippen LogP contribution in [0.1, 0.15) is 11.7 Å². The van der Waals surface area contributed by atoms with Crippen LogP contribution in [0, 0.1) is 0 Å². The maximum atomic E-state index is 9.21. The minimum Gasteiger partial charge on any atom is -0.388 e. The van der Waals surface area contributed by atoms with Crippen molar-refractivity contribution in [3.8, 4) is 0 Å². The zero-order valence-electron chi connectivity index (χ0n) is 5.44. The standard InChI is InChI=1S/C7H9NOS/c9-7(5-10)6-2-1-3-8-4-6/h1-4,7,9-10H,5H2. The Labute approximate surface area is 65.3 Å². The van der Waals surface area contributed by atoms with Gasteiger partial charge in [0.2, 0.25) is 0 Å². The van der Waals surface area contributed by atoms with Crippen LogP contribution < -0.4 is 0 Å². The normalized spacial score (nSPS) is 13.0. The molecule has 2 nitrogen and oxygen atoms in total. The first kappa shape index (κ1) is 7.57. The molecule has 0 aliphatic carbocycles. The highest BCUT2D eigenvalue weighted by atomic mass is 32.1. The first-order valence-electron chi connectivity index (χ1n) is 3.03. The van der Waals surface area contributed by atoms with Crippen LogP contribution in [0.3, 0.4) is 0 Å². The molecule has 1 heterocycles. The molecule has 0 saturated heterocycles. The predicted octanol–water partition coefficient (Wildman–Crippen LogP) is 1.04. The Hall–Kier alpha value is -0.540. The van der Waals surface area contributed by atoms with Gasteiger partial charge in [-0.25, -0.2) is 0 Å². The number of pyridine rings is 1. The lowest BCUT2D eigenvalue weighted by molar-refractivity contribution is 0.204. The van der Waals surface area contributed by atoms with Crippen LogP contribution >= 0.6 is 12.6 Å². The summed E-state index contributed by atoms with van der Waals surface area (Å²) in [6.07, 6.45) is 2.83. The minimum atomic E-state index is -0.489. The molecule has 0 fully saturated rings. The molecule has 10 heavy (non-hydrogen) atoms. The van der Waals surface area contributed by atoms with Crippen LogP contribution in [0.25, 0.3) is 0 Å². The van der Waals surface area contributed by atoms with E-state index in [1.807, 2.05) is 6.07 Å². The molecule has 0 aliphatic rings. The predicted molar refractivity (Wildman–Crippen MR) is 43.0 cm³/mol. The van der Waals surface area contributed by atoms with E-state index >= 15 is 0 Å². The van der Waals surface area contributed by atoms with Crippen molar-refractivity contribution in [1.29, 1.82) is 0 Å². The van der Waals surface area contributed by atoms with E-state index in [9.17, 15) is 5.11 Å². The molecule has 1 aromatic rings. The average Bonchev–Trinajstić information content (AvgIpc) is 2.05. The van der Waals surface area contributed by atoms with Gasteiger partial charge in [0, 0.05) is 18.1 Å². The molecule has 0 amide bonds. The molecular formula is C7H9NOS. The number of hydrogen-bond donors (Lipinski definition) is 2. The van der Waals surface area contributed by atoms with Crippen LogP contribution in [0.2, 0.25) is 0 Å². The lowest BCUT2D eigenvalue weighted by Gasteiger charge is -2.04. The van der Waals surface area contributed by atoms with Gasteiger partial charge in [-0.15, -0.1) is 0 Å². The number of aromatic nitrogens is 1. The van der Waals surface area contributed by atoms with E-state index in [0.29, 0.717) is 5.75 Å². The van der Waals surface area contributed by atoms with Crippen molar-refractivity contribution in [2.24, 2.45) is 0 Å². The number of aliphatic hydroxyl groups excluding tert-OH is 1. The quantitative estimate of drug-likeness (QED) is 0.626. The van der Waals surface area contributed by atoms with Gasteiger partial charge >= 0.3 is 0 Å². The van der Waals surface area contributed by atoms with E-state index in [0.717, 1.165) is 5.56 Å². The summed E-state index contributed by atoms with van der Waals surface area (Å²) < 4.78 is 0. The summed E-state index contributed by atoms with van der Waals surface area (Å²) in [7, 11) is 0. The number of thiol groups is 1. The molecule has 1 unspecified atom stereocenters. The first-order valence-corrected chi connectivity index (χ1v) is 3.66. The van der Waals surface area contributed by atoms with Crippen molar-refractivity contribution >= 4 is 12.6 Å². The van der Waals surface area contributed by atoms with E-state index in [-0.39, 0.29) is 0 Å². The van der Waals surface area contributed by atoms with Crippen LogP contribution in [0.4, 0.5) is 0 Å². The van der Waals surface area contributed by atoms with Gasteiger partial charge < -0.3 is 5.11 Å². The van der Waals surface area contributed by atoms with Gasteiger partial charge in [-0.1, -0.05) is 6.07 Å². The average molecular weight is 155 g/mol. The van der Waals surface area contributed by atoms with Crippen molar-refractivity contribution in [3.63, 3.8) is 0 Å². The molecule has 0 bridgehead atoms. The fraction of sp³-hybridized carbons (Fsp3) is 0.286. The van der Waals surface area contributed by atoms with Crippen LogP contribution in [-0.2, 0) is 0 Å². The number of hydrogen-bond acceptors (Lipinski definition) is 3. The van der Waals surface area contributed by atoms with Crippen molar-refractivity contribution in [1.82, 2.24) is 4.98 Å². The SMILES string of the molecule is OC(CS)c1cccnc1. The molecule has 1 rings (SSSR count). The lowest BCUT2D eigenvalue weighted by Crippen LogP contribution is -1.98. The Morgan fingerprint density at radius 1 is 1.70 bits per heavy atom. The zero-order valence-corrected chi connectivity index (χ0v) is 6.33. The molecule has 0 spiro atoms. The molecule has 0 aromatic carbocycles. The Kier molecular flexibility index (Phi) is 2.71. The van der Waals surface area contributed by atoms with Crippen molar-refractivity contribution in [2.75, 3.05) is 5.75 Å². The highest BCUT2D eigenvalue weighted by molar-refractivity contribution is 7.80. The fourth-order valence-corrected chi connectivity index (χ4v) is 0.889. The second-order valence-corrected chi connectivity index (χ2v) is 2.35. The van der Waals surface area contributed by atoms with Crippen LogP contribution in [0.15, 0.2) is 24.5 Å². The largest absolute Gasteiger partial charge is 0.388 e. The summed E-state index contributed by atoms with van der Waals surface area (Å²) in [5.41, 5.74) is 0.817. The van der Waals surface area contributed by atoms with Crippen LogP contribution in [-0.4, -0.2) is 15.8 Å². The van der Waals surface area contributed by atoms with Gasteiger partial charge in [-0.05, 0) is 11.6 Å². The molecular weight excluding hydrogens is 146 g/mol. The van der Waals surface area contributed by atoms with E-state index < -0.39 is 6.10 Å². The van der Waals surface area contributed by atoms with Gasteiger partial charge in [-0.2, -0.15) is 12.6 Å². The second-order valence-electron chi connectivity index (χ2n) is 1.98. The molecule has 1 atom stereocenters. The third kappa shape index (κ3) is 1.72. The summed E-state index contributed by atoms with van der Waals surface area (Å²) >= 11 is 3.95. The minimum absolute atomic E-state index is 0.436. The third-order valence-electron chi connectivity index (χ3n) is 1.24. The summed E-state index contributed by atoms with van der Waals surface area (Å²) in [5, 5.41) is 9.21. The highest BCUT2D eigenvalue weighted by Crippen LogP contribution is 2.10. The maximum Gasteiger partial charge on any atom is 0.0892 e. The monoisotopic (exact) mass is 155 g/mol. The first-order chi connectivity index (χ1) is 4.84. The Morgan fingerprint density at radius 3 is 3.00 bits per heavy atom. The molecule has 54 valence electrons. The number of rotatable bonds is 2. The van der Waals surface area contributed by atoms with E-state index in [2.05, 4.69) is 17.6 Å². The second kappa shape index (κ2) is 3.58. The lowest BCUT2D eigenvalue weighted by atomic mass is 10.2. The number of nitrogens with zero attached hydrogens (tertiary/aromatic N) is 1. The molecule has 1 N–H and O–H groups in total. The molecule has 1 aromatic heterocycles. The molecule has 0 radical (unpaired) electrons. The summed E-state index contributed by atoms with van der Waals surface area (Å²) in [4.78, 5) is 3.86. The van der Waals surface area contributed by atoms with Gasteiger partial charge in [0.05, 0.1) is 6.10 Å². The zero-order chi connectivity index (χ0) is 7.40.